The first-order valence-electron chi connectivity index (χ1n) is 3.85. The van der Waals surface area contributed by atoms with Gasteiger partial charge in [-0.15, -0.1) is 0 Å². The van der Waals surface area contributed by atoms with Crippen LogP contribution in [0, 0.1) is 5.92 Å². The number of unbranched alkanes of at least 4 members (excludes halogenated alkanes) is 1. The van der Waals surface area contributed by atoms with Crippen molar-refractivity contribution in [1.82, 2.24) is 0 Å². The molecule has 0 amide bonds. The van der Waals surface area contributed by atoms with Crippen molar-refractivity contribution >= 4 is 18.0 Å². The van der Waals surface area contributed by atoms with Crippen LogP contribution >= 0.6 is 0 Å². The van der Waals surface area contributed by atoms with Gasteiger partial charge in [-0.2, -0.15) is 0 Å². The number of Topliss-reactive ketones (excluding diaryl/α,β-unsaturated/α-hetero) is 1. The molecule has 0 rings (SSSR count). The normalized spacial score (nSPS) is 12.1. The van der Waals surface area contributed by atoms with E-state index in [0.29, 0.717) is 6.42 Å². The van der Waals surface area contributed by atoms with Crippen LogP contribution in [0.25, 0.3) is 0 Å². The fourth-order valence-electron chi connectivity index (χ4n) is 0.878. The SMILES string of the molecule is CCCCC(C(=O)O)C(=O)C=O. The molecule has 1 unspecified atom stereocenters. The van der Waals surface area contributed by atoms with Crippen LogP contribution in [-0.4, -0.2) is 23.1 Å². The van der Waals surface area contributed by atoms with Crippen LogP contribution in [0.1, 0.15) is 26.2 Å². The van der Waals surface area contributed by atoms with Gasteiger partial charge >= 0.3 is 5.97 Å². The summed E-state index contributed by atoms with van der Waals surface area (Å²) < 4.78 is 0. The van der Waals surface area contributed by atoms with Crippen molar-refractivity contribution in [2.45, 2.75) is 26.2 Å². The maximum Gasteiger partial charge on any atom is 0.314 e. The third-order valence-electron chi connectivity index (χ3n) is 1.60. The van der Waals surface area contributed by atoms with E-state index in [2.05, 4.69) is 0 Å². The zero-order valence-corrected chi connectivity index (χ0v) is 6.95. The van der Waals surface area contributed by atoms with Crippen molar-refractivity contribution in [2.75, 3.05) is 0 Å². The number of aliphatic carboxylic acids is 1. The van der Waals surface area contributed by atoms with E-state index in [9.17, 15) is 14.4 Å². The quantitative estimate of drug-likeness (QED) is 0.362. The van der Waals surface area contributed by atoms with Crippen molar-refractivity contribution in [1.29, 1.82) is 0 Å². The van der Waals surface area contributed by atoms with Crippen molar-refractivity contribution < 1.29 is 19.5 Å². The number of rotatable bonds is 6. The predicted molar refractivity (Wildman–Crippen MR) is 41.7 cm³/mol. The smallest absolute Gasteiger partial charge is 0.314 e. The minimum atomic E-state index is -1.21. The predicted octanol–water partition coefficient (Wildman–Crippen LogP) is 0.645. The lowest BCUT2D eigenvalue weighted by molar-refractivity contribution is -0.148. The largest absolute Gasteiger partial charge is 0.481 e. The Morgan fingerprint density at radius 2 is 2.08 bits per heavy atom. The molecule has 0 heterocycles. The minimum Gasteiger partial charge on any atom is -0.481 e. The molecule has 0 aromatic carbocycles. The molecule has 0 aliphatic heterocycles. The Morgan fingerprint density at radius 3 is 2.42 bits per heavy atom. The van der Waals surface area contributed by atoms with Gasteiger partial charge in [-0.25, -0.2) is 0 Å². The number of aldehydes is 1. The summed E-state index contributed by atoms with van der Waals surface area (Å²) in [6.45, 7) is 1.89. The number of ketones is 1. The average Bonchev–Trinajstić information content (AvgIpc) is 2.04. The van der Waals surface area contributed by atoms with E-state index < -0.39 is 17.7 Å². The first kappa shape index (κ1) is 10.8. The van der Waals surface area contributed by atoms with Gasteiger partial charge in [0.15, 0.2) is 6.29 Å². The molecule has 0 aromatic rings. The molecule has 4 heteroatoms. The van der Waals surface area contributed by atoms with Gasteiger partial charge in [0.2, 0.25) is 5.78 Å². The molecule has 4 nitrogen and oxygen atoms in total. The maximum atomic E-state index is 10.7. The summed E-state index contributed by atoms with van der Waals surface area (Å²) in [5.74, 6) is -3.18. The summed E-state index contributed by atoms with van der Waals surface area (Å²) in [6, 6.07) is 0. The molecule has 0 saturated heterocycles. The molecule has 0 fully saturated rings. The third kappa shape index (κ3) is 3.27. The summed E-state index contributed by atoms with van der Waals surface area (Å²) in [5.41, 5.74) is 0. The summed E-state index contributed by atoms with van der Waals surface area (Å²) in [5, 5.41) is 8.52. The molecular formula is C8H12O4. The van der Waals surface area contributed by atoms with Gasteiger partial charge in [-0.1, -0.05) is 19.8 Å². The van der Waals surface area contributed by atoms with Crippen LogP contribution in [0.4, 0.5) is 0 Å². The van der Waals surface area contributed by atoms with Crippen molar-refractivity contribution in [3.63, 3.8) is 0 Å². The lowest BCUT2D eigenvalue weighted by Crippen LogP contribution is -2.24. The standard InChI is InChI=1S/C8H12O4/c1-2-3-4-6(8(11)12)7(10)5-9/h5-6H,2-4H2,1H3,(H,11,12). The van der Waals surface area contributed by atoms with Crippen LogP contribution in [0.3, 0.4) is 0 Å². The van der Waals surface area contributed by atoms with E-state index in [-0.39, 0.29) is 12.7 Å². The Bertz CT molecular complexity index is 185. The molecule has 1 N–H and O–H groups in total. The van der Waals surface area contributed by atoms with Gasteiger partial charge in [-0.05, 0) is 6.42 Å². The molecule has 68 valence electrons. The van der Waals surface area contributed by atoms with Gasteiger partial charge in [0, 0.05) is 0 Å². The molecule has 0 spiro atoms. The van der Waals surface area contributed by atoms with Crippen molar-refractivity contribution in [3.05, 3.63) is 0 Å². The van der Waals surface area contributed by atoms with E-state index in [0.717, 1.165) is 6.42 Å². The molecule has 1 atom stereocenters. The second-order valence-corrected chi connectivity index (χ2v) is 2.55. The van der Waals surface area contributed by atoms with E-state index in [1.807, 2.05) is 6.92 Å². The lowest BCUT2D eigenvalue weighted by atomic mass is 9.98. The van der Waals surface area contributed by atoms with E-state index in [4.69, 9.17) is 5.11 Å². The molecule has 0 aliphatic rings. The van der Waals surface area contributed by atoms with Gasteiger partial charge in [0.25, 0.3) is 0 Å². The fraction of sp³-hybridized carbons (Fsp3) is 0.625. The topological polar surface area (TPSA) is 71.4 Å². The second kappa shape index (κ2) is 5.46. The monoisotopic (exact) mass is 172 g/mol. The van der Waals surface area contributed by atoms with Crippen LogP contribution in [0.5, 0.6) is 0 Å². The Kier molecular flexibility index (Phi) is 4.92. The van der Waals surface area contributed by atoms with Crippen LogP contribution in [-0.2, 0) is 14.4 Å². The van der Waals surface area contributed by atoms with Crippen LogP contribution in [0.15, 0.2) is 0 Å². The Balaban J connectivity index is 4.13. The fourth-order valence-corrected chi connectivity index (χ4v) is 0.878. The number of carbonyl (C=O) groups excluding carboxylic acids is 2. The highest BCUT2D eigenvalue weighted by molar-refractivity contribution is 6.30. The van der Waals surface area contributed by atoms with Gasteiger partial charge in [0.1, 0.15) is 5.92 Å². The highest BCUT2D eigenvalue weighted by Gasteiger charge is 2.24. The molecule has 0 saturated carbocycles. The van der Waals surface area contributed by atoms with Crippen LogP contribution < -0.4 is 0 Å². The number of carboxylic acid groups (broad SMARTS) is 1. The minimum absolute atomic E-state index is 0.0778. The molecule has 12 heavy (non-hydrogen) atoms. The third-order valence-corrected chi connectivity index (χ3v) is 1.60. The van der Waals surface area contributed by atoms with E-state index in [1.165, 1.54) is 0 Å². The summed E-state index contributed by atoms with van der Waals surface area (Å²) in [4.78, 5) is 31.1. The molecule has 0 aromatic heterocycles. The van der Waals surface area contributed by atoms with Crippen molar-refractivity contribution in [3.8, 4) is 0 Å². The Hall–Kier alpha value is -1.19. The number of carboxylic acids is 1. The number of hydrogen-bond donors (Lipinski definition) is 1. The lowest BCUT2D eigenvalue weighted by Gasteiger charge is -2.05. The number of carbonyl (C=O) groups is 3. The van der Waals surface area contributed by atoms with Gasteiger partial charge in [-0.3, -0.25) is 14.4 Å². The summed E-state index contributed by atoms with van der Waals surface area (Å²) in [7, 11) is 0. The Morgan fingerprint density at radius 1 is 1.50 bits per heavy atom. The second-order valence-electron chi connectivity index (χ2n) is 2.55. The van der Waals surface area contributed by atoms with Gasteiger partial charge in [0.05, 0.1) is 0 Å². The summed E-state index contributed by atoms with van der Waals surface area (Å²) in [6.07, 6.45) is 1.80. The van der Waals surface area contributed by atoms with E-state index in [1.54, 1.807) is 0 Å². The molecule has 0 radical (unpaired) electrons. The molecule has 0 aliphatic carbocycles. The first-order chi connectivity index (χ1) is 5.63. The highest BCUT2D eigenvalue weighted by atomic mass is 16.4. The summed E-state index contributed by atoms with van der Waals surface area (Å²) >= 11 is 0. The highest BCUT2D eigenvalue weighted by Crippen LogP contribution is 2.08. The average molecular weight is 172 g/mol. The maximum absolute atomic E-state index is 10.7. The van der Waals surface area contributed by atoms with Crippen molar-refractivity contribution in [2.24, 2.45) is 5.92 Å². The molecule has 0 bridgehead atoms. The van der Waals surface area contributed by atoms with Crippen LogP contribution in [0.2, 0.25) is 0 Å². The zero-order chi connectivity index (χ0) is 9.56. The number of hydrogen-bond acceptors (Lipinski definition) is 3. The first-order valence-corrected chi connectivity index (χ1v) is 3.85. The zero-order valence-electron chi connectivity index (χ0n) is 6.95. The molecular weight excluding hydrogens is 160 g/mol. The Labute approximate surface area is 70.6 Å². The van der Waals surface area contributed by atoms with E-state index >= 15 is 0 Å². The van der Waals surface area contributed by atoms with Gasteiger partial charge < -0.3 is 5.11 Å².